The molecule has 0 rings (SSSR count). The van der Waals surface area contributed by atoms with Crippen LogP contribution in [0.2, 0.25) is 0 Å². The van der Waals surface area contributed by atoms with Gasteiger partial charge in [0.1, 0.15) is 0 Å². The topological polar surface area (TPSA) is 72.8 Å². The molecule has 0 saturated heterocycles. The first-order valence-corrected chi connectivity index (χ1v) is 21.5. The van der Waals surface area contributed by atoms with E-state index in [1.165, 1.54) is 103 Å². The SMILES string of the molecule is CCCCCCCCC(CCCCCC)C(=O)OCCCCC(CCO)CCCCOC(=O)C(CCCCCC)CCCCCCCC. The number of aliphatic hydroxyl groups excluding tert-OH is 1. The van der Waals surface area contributed by atoms with Crippen LogP contribution in [0.5, 0.6) is 0 Å². The zero-order valence-electron chi connectivity index (χ0n) is 32.9. The summed E-state index contributed by atoms with van der Waals surface area (Å²) in [4.78, 5) is 25.9. The van der Waals surface area contributed by atoms with E-state index in [0.29, 0.717) is 19.1 Å². The third kappa shape index (κ3) is 29.8. The number of carbonyl (C=O) groups excluding carboxylic acids is 2. The van der Waals surface area contributed by atoms with E-state index in [-0.39, 0.29) is 30.4 Å². The van der Waals surface area contributed by atoms with Crippen molar-refractivity contribution in [2.24, 2.45) is 17.8 Å². The molecule has 0 amide bonds. The van der Waals surface area contributed by atoms with Gasteiger partial charge in [-0.25, -0.2) is 0 Å². The Bertz CT molecular complexity index is 626. The van der Waals surface area contributed by atoms with E-state index in [1.54, 1.807) is 0 Å². The largest absolute Gasteiger partial charge is 0.465 e. The quantitative estimate of drug-likeness (QED) is 0.0519. The summed E-state index contributed by atoms with van der Waals surface area (Å²) in [5.74, 6) is 0.653. The van der Waals surface area contributed by atoms with Crippen molar-refractivity contribution in [3.63, 3.8) is 0 Å². The van der Waals surface area contributed by atoms with Gasteiger partial charge in [0.2, 0.25) is 0 Å². The number of hydrogen-bond donors (Lipinski definition) is 1. The van der Waals surface area contributed by atoms with Crippen molar-refractivity contribution in [2.75, 3.05) is 19.8 Å². The Hall–Kier alpha value is -1.10. The zero-order valence-corrected chi connectivity index (χ0v) is 32.9. The van der Waals surface area contributed by atoms with Crippen LogP contribution in [-0.2, 0) is 19.1 Å². The Kier molecular flexibility index (Phi) is 36.3. The van der Waals surface area contributed by atoms with E-state index in [2.05, 4.69) is 27.7 Å². The molecule has 0 aromatic rings. The van der Waals surface area contributed by atoms with Gasteiger partial charge in [-0.2, -0.15) is 0 Å². The fraction of sp³-hybridized carbons (Fsp3) is 0.953. The number of ether oxygens (including phenoxy) is 2. The molecular formula is C43H84O5. The lowest BCUT2D eigenvalue weighted by atomic mass is 9.93. The second-order valence-corrected chi connectivity index (χ2v) is 14.9. The van der Waals surface area contributed by atoms with Crippen LogP contribution in [-0.4, -0.2) is 36.9 Å². The maximum Gasteiger partial charge on any atom is 0.308 e. The van der Waals surface area contributed by atoms with Crippen molar-refractivity contribution in [1.82, 2.24) is 0 Å². The van der Waals surface area contributed by atoms with Crippen molar-refractivity contribution in [3.05, 3.63) is 0 Å². The fourth-order valence-electron chi connectivity index (χ4n) is 7.00. The van der Waals surface area contributed by atoms with E-state index in [9.17, 15) is 14.7 Å². The van der Waals surface area contributed by atoms with E-state index in [0.717, 1.165) is 96.3 Å². The van der Waals surface area contributed by atoms with Crippen molar-refractivity contribution in [2.45, 2.75) is 227 Å². The van der Waals surface area contributed by atoms with Gasteiger partial charge in [0, 0.05) is 6.61 Å². The second kappa shape index (κ2) is 37.2. The molecule has 0 heterocycles. The number of rotatable bonds is 38. The summed E-state index contributed by atoms with van der Waals surface area (Å²) in [5, 5.41) is 9.64. The Morgan fingerprint density at radius 1 is 0.396 bits per heavy atom. The van der Waals surface area contributed by atoms with Crippen LogP contribution in [0.1, 0.15) is 227 Å². The minimum atomic E-state index is 0.0247. The van der Waals surface area contributed by atoms with E-state index in [4.69, 9.17) is 9.47 Å². The molecule has 2 unspecified atom stereocenters. The van der Waals surface area contributed by atoms with Crippen LogP contribution < -0.4 is 0 Å². The molecule has 0 aliphatic heterocycles. The highest BCUT2D eigenvalue weighted by atomic mass is 16.5. The summed E-state index contributed by atoms with van der Waals surface area (Å²) in [5.41, 5.74) is 0. The van der Waals surface area contributed by atoms with E-state index < -0.39 is 0 Å². The van der Waals surface area contributed by atoms with E-state index >= 15 is 0 Å². The van der Waals surface area contributed by atoms with Gasteiger partial charge in [-0.1, -0.05) is 169 Å². The normalized spacial score (nSPS) is 13.4. The third-order valence-electron chi connectivity index (χ3n) is 10.3. The predicted molar refractivity (Wildman–Crippen MR) is 205 cm³/mol. The lowest BCUT2D eigenvalue weighted by Crippen LogP contribution is -2.19. The Labute approximate surface area is 299 Å². The summed E-state index contributed by atoms with van der Waals surface area (Å²) >= 11 is 0. The first kappa shape index (κ1) is 46.9. The maximum absolute atomic E-state index is 13.0. The van der Waals surface area contributed by atoms with Gasteiger partial charge in [0.15, 0.2) is 0 Å². The van der Waals surface area contributed by atoms with Crippen molar-refractivity contribution < 1.29 is 24.2 Å². The molecule has 5 nitrogen and oxygen atoms in total. The van der Waals surface area contributed by atoms with Crippen LogP contribution in [0.15, 0.2) is 0 Å². The standard InChI is InChI=1S/C43H84O5/c1-5-9-13-17-19-23-33-40(31-21-15-11-7-3)42(45)47-37-27-25-29-39(35-36-44)30-26-28-38-48-43(46)41(32-22-16-12-8-4)34-24-20-18-14-10-6-2/h39-41,44H,5-38H2,1-4H3. The van der Waals surface area contributed by atoms with Gasteiger partial charge >= 0.3 is 11.9 Å². The Balaban J connectivity index is 4.40. The predicted octanol–water partition coefficient (Wildman–Crippen LogP) is 13.1. The minimum absolute atomic E-state index is 0.0247. The second-order valence-electron chi connectivity index (χ2n) is 14.9. The van der Waals surface area contributed by atoms with Gasteiger partial charge in [0.25, 0.3) is 0 Å². The monoisotopic (exact) mass is 681 g/mol. The first-order valence-electron chi connectivity index (χ1n) is 21.5. The summed E-state index contributed by atoms with van der Waals surface area (Å²) in [6.07, 6.45) is 35.3. The Morgan fingerprint density at radius 3 is 1.02 bits per heavy atom. The molecule has 0 aliphatic rings. The van der Waals surface area contributed by atoms with Gasteiger partial charge in [-0.15, -0.1) is 0 Å². The highest BCUT2D eigenvalue weighted by Crippen LogP contribution is 2.24. The van der Waals surface area contributed by atoms with Gasteiger partial charge in [0.05, 0.1) is 25.0 Å². The molecule has 0 spiro atoms. The molecule has 286 valence electrons. The molecule has 0 aromatic carbocycles. The van der Waals surface area contributed by atoms with Gasteiger partial charge < -0.3 is 14.6 Å². The maximum atomic E-state index is 13.0. The smallest absolute Gasteiger partial charge is 0.308 e. The molecule has 0 aromatic heterocycles. The lowest BCUT2D eigenvalue weighted by Gasteiger charge is -2.18. The summed E-state index contributed by atoms with van der Waals surface area (Å²) in [6, 6.07) is 0. The summed E-state index contributed by atoms with van der Waals surface area (Å²) in [7, 11) is 0. The summed E-state index contributed by atoms with van der Waals surface area (Å²) in [6.45, 7) is 10.2. The number of unbranched alkanes of at least 4 members (excludes halogenated alkanes) is 18. The van der Waals surface area contributed by atoms with Gasteiger partial charge in [-0.05, 0) is 63.7 Å². The van der Waals surface area contributed by atoms with Crippen LogP contribution >= 0.6 is 0 Å². The third-order valence-corrected chi connectivity index (χ3v) is 10.3. The molecule has 48 heavy (non-hydrogen) atoms. The number of carbonyl (C=O) groups is 2. The molecule has 0 bridgehead atoms. The zero-order chi connectivity index (χ0) is 35.3. The van der Waals surface area contributed by atoms with Crippen LogP contribution in [0.25, 0.3) is 0 Å². The van der Waals surface area contributed by atoms with Crippen molar-refractivity contribution in [3.8, 4) is 0 Å². The number of aliphatic hydroxyl groups is 1. The average Bonchev–Trinajstić information content (AvgIpc) is 3.08. The number of esters is 2. The molecule has 5 heteroatoms. The molecule has 0 fully saturated rings. The van der Waals surface area contributed by atoms with Crippen LogP contribution in [0, 0.1) is 17.8 Å². The van der Waals surface area contributed by atoms with Crippen molar-refractivity contribution >= 4 is 11.9 Å². The van der Waals surface area contributed by atoms with Crippen molar-refractivity contribution in [1.29, 1.82) is 0 Å². The first-order chi connectivity index (χ1) is 23.5. The molecule has 0 aliphatic carbocycles. The summed E-state index contributed by atoms with van der Waals surface area (Å²) < 4.78 is 11.6. The lowest BCUT2D eigenvalue weighted by molar-refractivity contribution is -0.150. The van der Waals surface area contributed by atoms with Gasteiger partial charge in [-0.3, -0.25) is 9.59 Å². The highest BCUT2D eigenvalue weighted by Gasteiger charge is 2.21. The molecule has 1 N–H and O–H groups in total. The molecular weight excluding hydrogens is 596 g/mol. The van der Waals surface area contributed by atoms with Crippen LogP contribution in [0.3, 0.4) is 0 Å². The molecule has 2 atom stereocenters. The fourth-order valence-corrected chi connectivity index (χ4v) is 7.00. The molecule has 0 radical (unpaired) electrons. The number of hydrogen-bond acceptors (Lipinski definition) is 5. The Morgan fingerprint density at radius 2 is 0.688 bits per heavy atom. The van der Waals surface area contributed by atoms with Crippen LogP contribution in [0.4, 0.5) is 0 Å². The minimum Gasteiger partial charge on any atom is -0.465 e. The molecule has 0 saturated carbocycles. The highest BCUT2D eigenvalue weighted by molar-refractivity contribution is 5.72. The average molecular weight is 681 g/mol. The van der Waals surface area contributed by atoms with E-state index in [1.807, 2.05) is 0 Å².